The number of hydrogen-bond acceptors (Lipinski definition) is 4. The number of aromatic nitrogens is 3. The molecule has 1 N–H and O–H groups in total. The fourth-order valence-electron chi connectivity index (χ4n) is 2.90. The first-order valence-corrected chi connectivity index (χ1v) is 9.03. The van der Waals surface area contributed by atoms with Crippen molar-refractivity contribution in [2.24, 2.45) is 0 Å². The number of rotatable bonds is 5. The molecule has 0 saturated heterocycles. The highest BCUT2D eigenvalue weighted by atomic mass is 35.5. The summed E-state index contributed by atoms with van der Waals surface area (Å²) >= 11 is 12.0. The van der Waals surface area contributed by atoms with Crippen LogP contribution in [0.3, 0.4) is 0 Å². The lowest BCUT2D eigenvalue weighted by atomic mass is 10.0. The molecule has 1 aromatic carbocycles. The van der Waals surface area contributed by atoms with Crippen LogP contribution in [0.4, 0.5) is 4.39 Å². The Hall–Kier alpha value is -2.77. The summed E-state index contributed by atoms with van der Waals surface area (Å²) in [6, 6.07) is 6.92. The summed E-state index contributed by atoms with van der Waals surface area (Å²) in [6.45, 7) is 1.56. The molecule has 0 aliphatic rings. The maximum atomic E-state index is 13.4. The number of carbonyl (C=O) groups excluding carboxylic acids is 1. The van der Waals surface area contributed by atoms with Gasteiger partial charge in [0, 0.05) is 27.4 Å². The van der Waals surface area contributed by atoms with Gasteiger partial charge in [-0.25, -0.2) is 9.78 Å². The average molecular weight is 422 g/mol. The van der Waals surface area contributed by atoms with Gasteiger partial charge in [-0.1, -0.05) is 30.1 Å². The molecule has 0 saturated carbocycles. The molecule has 0 radical (unpaired) electrons. The molecule has 0 bridgehead atoms. The molecule has 0 atom stereocenters. The summed E-state index contributed by atoms with van der Waals surface area (Å²) in [7, 11) is 0. The molecule has 2 heterocycles. The molecule has 9 heteroatoms. The van der Waals surface area contributed by atoms with Gasteiger partial charge in [0.1, 0.15) is 5.69 Å². The normalized spacial score (nSPS) is 10.9. The number of benzene rings is 1. The number of halogens is 3. The van der Waals surface area contributed by atoms with Crippen LogP contribution in [0, 0.1) is 5.95 Å². The molecule has 3 aromatic rings. The first-order valence-electron chi connectivity index (χ1n) is 8.27. The van der Waals surface area contributed by atoms with Crippen molar-refractivity contribution in [2.75, 3.05) is 0 Å². The van der Waals surface area contributed by atoms with Crippen molar-refractivity contribution in [1.82, 2.24) is 14.5 Å². The van der Waals surface area contributed by atoms with Crippen LogP contribution < -0.4 is 11.2 Å². The minimum atomic E-state index is -0.782. The Bertz CT molecular complexity index is 1170. The van der Waals surface area contributed by atoms with Gasteiger partial charge in [-0.2, -0.15) is 4.39 Å². The van der Waals surface area contributed by atoms with Gasteiger partial charge in [-0.15, -0.1) is 0 Å². The number of nitrogens with zero attached hydrogens (tertiary/aromatic N) is 2. The van der Waals surface area contributed by atoms with E-state index in [9.17, 15) is 18.8 Å². The Morgan fingerprint density at radius 1 is 1.18 bits per heavy atom. The number of nitrogens with one attached hydrogen (secondary N) is 1. The van der Waals surface area contributed by atoms with Crippen molar-refractivity contribution in [3.8, 4) is 0 Å². The van der Waals surface area contributed by atoms with Crippen LogP contribution in [0.15, 0.2) is 46.1 Å². The predicted molar refractivity (Wildman–Crippen MR) is 104 cm³/mol. The Morgan fingerprint density at radius 2 is 1.86 bits per heavy atom. The van der Waals surface area contributed by atoms with E-state index >= 15 is 0 Å². The Labute approximate surface area is 168 Å². The van der Waals surface area contributed by atoms with Gasteiger partial charge < -0.3 is 0 Å². The third-order valence-corrected chi connectivity index (χ3v) is 4.56. The molecule has 0 fully saturated rings. The highest BCUT2D eigenvalue weighted by Gasteiger charge is 2.22. The molecule has 6 nitrogen and oxygen atoms in total. The molecule has 144 valence electrons. The second-order valence-corrected chi connectivity index (χ2v) is 6.87. The van der Waals surface area contributed by atoms with Gasteiger partial charge in [0.15, 0.2) is 0 Å². The molecular weight excluding hydrogens is 408 g/mol. The van der Waals surface area contributed by atoms with Crippen molar-refractivity contribution in [1.29, 1.82) is 0 Å². The number of carbonyl (C=O) groups is 1. The summed E-state index contributed by atoms with van der Waals surface area (Å²) in [6.07, 6.45) is 1.45. The topological polar surface area (TPSA) is 84.8 Å². The molecule has 3 rings (SSSR count). The zero-order chi connectivity index (χ0) is 20.4. The van der Waals surface area contributed by atoms with Crippen LogP contribution in [0.1, 0.15) is 34.1 Å². The van der Waals surface area contributed by atoms with Crippen LogP contribution in [0.2, 0.25) is 10.0 Å². The van der Waals surface area contributed by atoms with Crippen LogP contribution in [-0.4, -0.2) is 20.3 Å². The number of pyridine rings is 1. The van der Waals surface area contributed by atoms with E-state index in [4.69, 9.17) is 23.2 Å². The lowest BCUT2D eigenvalue weighted by Crippen LogP contribution is -2.37. The van der Waals surface area contributed by atoms with Gasteiger partial charge in [0.05, 0.1) is 6.54 Å². The van der Waals surface area contributed by atoms with E-state index in [0.717, 1.165) is 10.6 Å². The van der Waals surface area contributed by atoms with Crippen LogP contribution >= 0.6 is 23.2 Å². The second-order valence-electron chi connectivity index (χ2n) is 6.00. The smallest absolute Gasteiger partial charge is 0.287 e. The lowest BCUT2D eigenvalue weighted by Gasteiger charge is -2.15. The number of hydrogen-bond donors (Lipinski definition) is 1. The van der Waals surface area contributed by atoms with Gasteiger partial charge >= 0.3 is 5.69 Å². The van der Waals surface area contributed by atoms with E-state index in [1.165, 1.54) is 30.5 Å². The molecule has 28 heavy (non-hydrogen) atoms. The summed E-state index contributed by atoms with van der Waals surface area (Å²) in [5.41, 5.74) is -0.854. The Balaban J connectivity index is 2.24. The molecule has 0 unspecified atom stereocenters. The van der Waals surface area contributed by atoms with E-state index in [2.05, 4.69) is 9.97 Å². The summed E-state index contributed by atoms with van der Waals surface area (Å²) in [4.78, 5) is 43.6. The van der Waals surface area contributed by atoms with Gasteiger partial charge in [-0.3, -0.25) is 19.1 Å². The molecule has 0 aliphatic carbocycles. The molecule has 0 spiro atoms. The summed E-state index contributed by atoms with van der Waals surface area (Å²) < 4.78 is 14.5. The van der Waals surface area contributed by atoms with Crippen molar-refractivity contribution in [3.63, 3.8) is 0 Å². The SMILES string of the molecule is CCc1c(C(=O)c2cc(Cl)cc(Cl)c2)n(Cc2ccnc(F)c2)c(=O)[nH]c1=O. The Morgan fingerprint density at radius 3 is 2.46 bits per heavy atom. The summed E-state index contributed by atoms with van der Waals surface area (Å²) in [5.74, 6) is -1.31. The monoisotopic (exact) mass is 421 g/mol. The minimum absolute atomic E-state index is 0.0909. The Kier molecular flexibility index (Phi) is 5.76. The maximum absolute atomic E-state index is 13.4. The zero-order valence-corrected chi connectivity index (χ0v) is 16.1. The third-order valence-electron chi connectivity index (χ3n) is 4.12. The van der Waals surface area contributed by atoms with Gasteiger partial charge in [-0.05, 0) is 42.3 Å². The first-order chi connectivity index (χ1) is 13.3. The molecule has 2 aromatic heterocycles. The van der Waals surface area contributed by atoms with Crippen LogP contribution in [0.5, 0.6) is 0 Å². The highest BCUT2D eigenvalue weighted by Crippen LogP contribution is 2.22. The number of ketones is 1. The first kappa shape index (κ1) is 20.0. The predicted octanol–water partition coefficient (Wildman–Crippen LogP) is 3.22. The fraction of sp³-hybridized carbons (Fsp3) is 0.158. The number of H-pyrrole nitrogens is 1. The van der Waals surface area contributed by atoms with Crippen molar-refractivity contribution in [3.05, 3.63) is 95.7 Å². The second kappa shape index (κ2) is 8.08. The van der Waals surface area contributed by atoms with Crippen molar-refractivity contribution < 1.29 is 9.18 Å². The average Bonchev–Trinajstić information content (AvgIpc) is 2.62. The van der Waals surface area contributed by atoms with Gasteiger partial charge in [0.25, 0.3) is 5.56 Å². The quantitative estimate of drug-likeness (QED) is 0.506. The van der Waals surface area contributed by atoms with E-state index < -0.39 is 23.0 Å². The lowest BCUT2D eigenvalue weighted by molar-refractivity contribution is 0.102. The molecule has 0 aliphatic heterocycles. The third kappa shape index (κ3) is 4.05. The fourth-order valence-corrected chi connectivity index (χ4v) is 3.42. The molecule has 0 amide bonds. The van der Waals surface area contributed by atoms with E-state index in [-0.39, 0.29) is 39.8 Å². The zero-order valence-electron chi connectivity index (χ0n) is 14.6. The van der Waals surface area contributed by atoms with Crippen molar-refractivity contribution >= 4 is 29.0 Å². The summed E-state index contributed by atoms with van der Waals surface area (Å²) in [5, 5.41) is 0.479. The largest absolute Gasteiger partial charge is 0.329 e. The molecular formula is C19H14Cl2FN3O3. The van der Waals surface area contributed by atoms with E-state index in [1.54, 1.807) is 6.92 Å². The van der Waals surface area contributed by atoms with Crippen LogP contribution in [-0.2, 0) is 13.0 Å². The standard InChI is InChI=1S/C19H14Cl2FN3O3/c1-2-14-16(17(26)11-6-12(20)8-13(21)7-11)25(19(28)24-18(14)27)9-10-3-4-23-15(22)5-10/h3-8H,2,9H2,1H3,(H,24,27,28). The van der Waals surface area contributed by atoms with Crippen molar-refractivity contribution in [2.45, 2.75) is 19.9 Å². The van der Waals surface area contributed by atoms with Crippen LogP contribution in [0.25, 0.3) is 0 Å². The van der Waals surface area contributed by atoms with E-state index in [1.807, 2.05) is 0 Å². The highest BCUT2D eigenvalue weighted by molar-refractivity contribution is 6.35. The minimum Gasteiger partial charge on any atom is -0.287 e. The number of aromatic amines is 1. The maximum Gasteiger partial charge on any atom is 0.329 e. The van der Waals surface area contributed by atoms with Gasteiger partial charge in [0.2, 0.25) is 11.7 Å². The van der Waals surface area contributed by atoms with E-state index in [0.29, 0.717) is 5.56 Å².